The van der Waals surface area contributed by atoms with E-state index in [4.69, 9.17) is 5.73 Å². The third kappa shape index (κ3) is 3.61. The molecular weight excluding hydrogens is 370 g/mol. The standard InChI is InChI=1S/C18H19N3O3S2/c1-10(22)21-8-7-13-14(9-21)26-18(15(13)16(19)23)20-17(24)11-3-5-12(25-2)6-4-11/h3-6H,7-9H2,1-2H3,(H2,19,23)(H,20,24). The number of carbonyl (C=O) groups is 3. The van der Waals surface area contributed by atoms with Gasteiger partial charge >= 0.3 is 0 Å². The summed E-state index contributed by atoms with van der Waals surface area (Å²) in [4.78, 5) is 39.8. The Morgan fingerprint density at radius 2 is 1.92 bits per heavy atom. The molecule has 26 heavy (non-hydrogen) atoms. The summed E-state index contributed by atoms with van der Waals surface area (Å²) in [6.07, 6.45) is 2.52. The van der Waals surface area contributed by atoms with Crippen LogP contribution in [0.2, 0.25) is 0 Å². The van der Waals surface area contributed by atoms with E-state index in [0.29, 0.717) is 35.6 Å². The van der Waals surface area contributed by atoms with Crippen molar-refractivity contribution in [3.63, 3.8) is 0 Å². The fraction of sp³-hybridized carbons (Fsp3) is 0.278. The molecule has 136 valence electrons. The molecule has 3 N–H and O–H groups in total. The number of nitrogens with two attached hydrogens (primary N) is 1. The molecule has 1 aromatic carbocycles. The number of thiophene rings is 1. The summed E-state index contributed by atoms with van der Waals surface area (Å²) in [6.45, 7) is 2.51. The second kappa shape index (κ2) is 7.51. The summed E-state index contributed by atoms with van der Waals surface area (Å²) in [5.74, 6) is -0.863. The van der Waals surface area contributed by atoms with Gasteiger partial charge in [-0.15, -0.1) is 23.1 Å². The Morgan fingerprint density at radius 3 is 2.50 bits per heavy atom. The Labute approximate surface area is 159 Å². The van der Waals surface area contributed by atoms with Crippen LogP contribution < -0.4 is 11.1 Å². The van der Waals surface area contributed by atoms with Crippen molar-refractivity contribution in [1.29, 1.82) is 0 Å². The maximum atomic E-state index is 12.5. The van der Waals surface area contributed by atoms with Gasteiger partial charge in [0.2, 0.25) is 5.91 Å². The fourth-order valence-corrected chi connectivity index (χ4v) is 4.61. The predicted octanol–water partition coefficient (Wildman–Crippen LogP) is 2.73. The Kier molecular flexibility index (Phi) is 5.33. The zero-order chi connectivity index (χ0) is 18.8. The van der Waals surface area contributed by atoms with Gasteiger partial charge in [-0.3, -0.25) is 14.4 Å². The minimum atomic E-state index is -0.563. The number of anilines is 1. The summed E-state index contributed by atoms with van der Waals surface area (Å²) in [5, 5.41) is 3.27. The summed E-state index contributed by atoms with van der Waals surface area (Å²) in [5.41, 5.74) is 7.28. The van der Waals surface area contributed by atoms with E-state index in [1.54, 1.807) is 28.8 Å². The van der Waals surface area contributed by atoms with Gasteiger partial charge < -0.3 is 16.0 Å². The minimum Gasteiger partial charge on any atom is -0.365 e. The van der Waals surface area contributed by atoms with Gasteiger partial charge in [0.1, 0.15) is 5.00 Å². The maximum absolute atomic E-state index is 12.5. The van der Waals surface area contributed by atoms with Crippen molar-refractivity contribution in [3.05, 3.63) is 45.8 Å². The lowest BCUT2D eigenvalue weighted by atomic mass is 10.0. The lowest BCUT2D eigenvalue weighted by molar-refractivity contribution is -0.129. The van der Waals surface area contributed by atoms with Crippen LogP contribution in [0.4, 0.5) is 5.00 Å². The molecule has 0 atom stereocenters. The number of benzene rings is 1. The molecule has 3 amide bonds. The van der Waals surface area contributed by atoms with Crippen molar-refractivity contribution in [2.24, 2.45) is 5.73 Å². The minimum absolute atomic E-state index is 0.0101. The lowest BCUT2D eigenvalue weighted by Crippen LogP contribution is -2.34. The molecule has 1 aliphatic rings. The second-order valence-electron chi connectivity index (χ2n) is 5.95. The zero-order valence-corrected chi connectivity index (χ0v) is 16.1. The van der Waals surface area contributed by atoms with Crippen molar-refractivity contribution >= 4 is 45.8 Å². The normalized spacial score (nSPS) is 13.2. The van der Waals surface area contributed by atoms with E-state index in [0.717, 1.165) is 15.3 Å². The van der Waals surface area contributed by atoms with Crippen LogP contribution in [0, 0.1) is 0 Å². The van der Waals surface area contributed by atoms with Gasteiger partial charge in [-0.2, -0.15) is 0 Å². The van der Waals surface area contributed by atoms with E-state index >= 15 is 0 Å². The third-order valence-electron chi connectivity index (χ3n) is 4.33. The average molecular weight is 390 g/mol. The van der Waals surface area contributed by atoms with Crippen LogP contribution in [0.15, 0.2) is 29.2 Å². The topological polar surface area (TPSA) is 92.5 Å². The maximum Gasteiger partial charge on any atom is 0.256 e. The van der Waals surface area contributed by atoms with E-state index in [1.807, 2.05) is 18.4 Å². The third-order valence-corrected chi connectivity index (χ3v) is 6.20. The van der Waals surface area contributed by atoms with Crippen molar-refractivity contribution < 1.29 is 14.4 Å². The molecule has 8 heteroatoms. The average Bonchev–Trinajstić information content (AvgIpc) is 2.98. The highest BCUT2D eigenvalue weighted by Crippen LogP contribution is 2.37. The van der Waals surface area contributed by atoms with Gasteiger partial charge in [0.25, 0.3) is 11.8 Å². The van der Waals surface area contributed by atoms with Crippen molar-refractivity contribution in [1.82, 2.24) is 4.90 Å². The number of amides is 3. The molecule has 0 saturated carbocycles. The van der Waals surface area contributed by atoms with Gasteiger partial charge in [0, 0.05) is 28.8 Å². The summed E-state index contributed by atoms with van der Waals surface area (Å²) < 4.78 is 0. The van der Waals surface area contributed by atoms with Crippen LogP contribution in [0.25, 0.3) is 0 Å². The molecule has 1 aromatic heterocycles. The first-order valence-electron chi connectivity index (χ1n) is 8.06. The van der Waals surface area contributed by atoms with Gasteiger partial charge in [0.15, 0.2) is 0 Å². The summed E-state index contributed by atoms with van der Waals surface area (Å²) in [7, 11) is 0. The SMILES string of the molecule is CSc1ccc(C(=O)Nc2sc3c(c2C(N)=O)CCN(C(C)=O)C3)cc1. The predicted molar refractivity (Wildman–Crippen MR) is 104 cm³/mol. The van der Waals surface area contributed by atoms with Gasteiger partial charge in [-0.1, -0.05) is 0 Å². The number of rotatable bonds is 4. The van der Waals surface area contributed by atoms with E-state index < -0.39 is 5.91 Å². The smallest absolute Gasteiger partial charge is 0.256 e. The van der Waals surface area contributed by atoms with Gasteiger partial charge in [0.05, 0.1) is 12.1 Å². The van der Waals surface area contributed by atoms with Crippen molar-refractivity contribution in [2.75, 3.05) is 18.1 Å². The Bertz CT molecular complexity index is 875. The van der Waals surface area contributed by atoms with Crippen LogP contribution >= 0.6 is 23.1 Å². The van der Waals surface area contributed by atoms with E-state index in [1.165, 1.54) is 18.3 Å². The Balaban J connectivity index is 1.88. The molecular formula is C18H19N3O3S2. The molecule has 3 rings (SSSR count). The Morgan fingerprint density at radius 1 is 1.23 bits per heavy atom. The van der Waals surface area contributed by atoms with Gasteiger partial charge in [-0.05, 0) is 42.5 Å². The number of nitrogens with one attached hydrogen (secondary N) is 1. The number of nitrogens with zero attached hydrogens (tertiary/aromatic N) is 1. The van der Waals surface area contributed by atoms with E-state index in [9.17, 15) is 14.4 Å². The van der Waals surface area contributed by atoms with Crippen LogP contribution in [0.3, 0.4) is 0 Å². The quantitative estimate of drug-likeness (QED) is 0.787. The summed E-state index contributed by atoms with van der Waals surface area (Å²) >= 11 is 2.91. The van der Waals surface area contributed by atoms with Crippen LogP contribution in [-0.4, -0.2) is 35.4 Å². The monoisotopic (exact) mass is 389 g/mol. The van der Waals surface area contributed by atoms with E-state index in [-0.39, 0.29) is 11.8 Å². The number of hydrogen-bond acceptors (Lipinski definition) is 5. The van der Waals surface area contributed by atoms with Crippen LogP contribution in [0.1, 0.15) is 38.1 Å². The first-order chi connectivity index (χ1) is 12.4. The lowest BCUT2D eigenvalue weighted by Gasteiger charge is -2.25. The molecule has 0 fully saturated rings. The molecule has 1 aliphatic heterocycles. The first-order valence-corrected chi connectivity index (χ1v) is 10.1. The largest absolute Gasteiger partial charge is 0.365 e. The molecule has 0 bridgehead atoms. The molecule has 0 radical (unpaired) electrons. The first kappa shape index (κ1) is 18.5. The van der Waals surface area contributed by atoms with E-state index in [2.05, 4.69) is 5.32 Å². The highest BCUT2D eigenvalue weighted by Gasteiger charge is 2.28. The van der Waals surface area contributed by atoms with Crippen LogP contribution in [-0.2, 0) is 17.8 Å². The zero-order valence-electron chi connectivity index (χ0n) is 14.5. The fourth-order valence-electron chi connectivity index (χ4n) is 2.94. The number of thioether (sulfide) groups is 1. The molecule has 0 saturated heterocycles. The molecule has 2 aromatic rings. The molecule has 0 unspecified atom stereocenters. The molecule has 2 heterocycles. The van der Waals surface area contributed by atoms with Crippen molar-refractivity contribution in [3.8, 4) is 0 Å². The highest BCUT2D eigenvalue weighted by atomic mass is 32.2. The molecule has 0 spiro atoms. The number of carbonyl (C=O) groups excluding carboxylic acids is 3. The Hall–Kier alpha value is -2.32. The number of primary amides is 1. The summed E-state index contributed by atoms with van der Waals surface area (Å²) in [6, 6.07) is 7.24. The molecule has 0 aliphatic carbocycles. The molecule has 6 nitrogen and oxygen atoms in total. The van der Waals surface area contributed by atoms with Crippen molar-refractivity contribution in [2.45, 2.75) is 24.8 Å². The second-order valence-corrected chi connectivity index (χ2v) is 7.93. The van der Waals surface area contributed by atoms with Crippen LogP contribution in [0.5, 0.6) is 0 Å². The number of fused-ring (bicyclic) bond motifs is 1. The highest BCUT2D eigenvalue weighted by molar-refractivity contribution is 7.98. The van der Waals surface area contributed by atoms with Gasteiger partial charge in [-0.25, -0.2) is 0 Å². The number of hydrogen-bond donors (Lipinski definition) is 2.